The molecule has 20 heavy (non-hydrogen) atoms. The molecule has 3 N–H and O–H groups in total. The summed E-state index contributed by atoms with van der Waals surface area (Å²) in [6.07, 6.45) is 0. The molecule has 4 nitrogen and oxygen atoms in total. The van der Waals surface area contributed by atoms with Crippen LogP contribution >= 0.6 is 0 Å². The SMILES string of the molecule is Cc1cccc(F)c1NS(=O)(=O)Cc1ccccc1N. The van der Waals surface area contributed by atoms with Crippen LogP contribution in [0.5, 0.6) is 0 Å². The van der Waals surface area contributed by atoms with E-state index in [1.54, 1.807) is 37.3 Å². The standard InChI is InChI=1S/C14H15FN2O2S/c1-10-5-4-7-12(15)14(10)17-20(18,19)9-11-6-2-3-8-13(11)16/h2-8,17H,9,16H2,1H3. The number of anilines is 2. The molecule has 0 spiro atoms. The number of hydrogen-bond donors (Lipinski definition) is 2. The number of aryl methyl sites for hydroxylation is 1. The van der Waals surface area contributed by atoms with Crippen molar-refractivity contribution in [1.29, 1.82) is 0 Å². The summed E-state index contributed by atoms with van der Waals surface area (Å²) < 4.78 is 40.1. The van der Waals surface area contributed by atoms with Crippen molar-refractivity contribution < 1.29 is 12.8 Å². The number of nitrogen functional groups attached to an aromatic ring is 1. The van der Waals surface area contributed by atoms with Crippen molar-refractivity contribution in [3.05, 3.63) is 59.4 Å². The Balaban J connectivity index is 2.27. The molecule has 2 aromatic rings. The number of benzene rings is 2. The summed E-state index contributed by atoms with van der Waals surface area (Å²) in [5.41, 5.74) is 7.08. The van der Waals surface area contributed by atoms with Crippen LogP contribution in [0.2, 0.25) is 0 Å². The van der Waals surface area contributed by atoms with E-state index in [2.05, 4.69) is 4.72 Å². The molecule has 0 aliphatic carbocycles. The van der Waals surface area contributed by atoms with Crippen molar-refractivity contribution >= 4 is 21.4 Å². The van der Waals surface area contributed by atoms with E-state index >= 15 is 0 Å². The van der Waals surface area contributed by atoms with E-state index in [0.29, 0.717) is 16.8 Å². The molecule has 0 bridgehead atoms. The second-order valence-electron chi connectivity index (χ2n) is 4.49. The van der Waals surface area contributed by atoms with E-state index in [1.807, 2.05) is 0 Å². The molecule has 0 heterocycles. The van der Waals surface area contributed by atoms with E-state index in [4.69, 9.17) is 5.73 Å². The lowest BCUT2D eigenvalue weighted by atomic mass is 10.2. The van der Waals surface area contributed by atoms with Crippen LogP contribution < -0.4 is 10.5 Å². The highest BCUT2D eigenvalue weighted by Crippen LogP contribution is 2.22. The number of nitrogens with two attached hydrogens (primary N) is 1. The van der Waals surface area contributed by atoms with Gasteiger partial charge < -0.3 is 5.73 Å². The number of rotatable bonds is 4. The van der Waals surface area contributed by atoms with Crippen LogP contribution in [0.25, 0.3) is 0 Å². The summed E-state index contributed by atoms with van der Waals surface area (Å²) in [5, 5.41) is 0. The zero-order valence-corrected chi connectivity index (χ0v) is 11.7. The Bertz CT molecular complexity index is 709. The third-order valence-corrected chi connectivity index (χ3v) is 4.09. The molecular formula is C14H15FN2O2S. The van der Waals surface area contributed by atoms with E-state index in [0.717, 1.165) is 0 Å². The van der Waals surface area contributed by atoms with Crippen LogP contribution in [-0.2, 0) is 15.8 Å². The number of para-hydroxylation sites is 2. The third kappa shape index (κ3) is 3.27. The highest BCUT2D eigenvalue weighted by Gasteiger charge is 2.16. The topological polar surface area (TPSA) is 72.2 Å². The monoisotopic (exact) mass is 294 g/mol. The number of hydrogen-bond acceptors (Lipinski definition) is 3. The molecule has 2 rings (SSSR count). The molecule has 6 heteroatoms. The average molecular weight is 294 g/mol. The lowest BCUT2D eigenvalue weighted by Crippen LogP contribution is -2.17. The van der Waals surface area contributed by atoms with E-state index < -0.39 is 15.8 Å². The van der Waals surface area contributed by atoms with Crippen LogP contribution in [0.15, 0.2) is 42.5 Å². The Hall–Kier alpha value is -2.08. The average Bonchev–Trinajstić information content (AvgIpc) is 2.37. The number of nitrogens with one attached hydrogen (secondary N) is 1. The Morgan fingerprint density at radius 1 is 1.15 bits per heavy atom. The summed E-state index contributed by atoms with van der Waals surface area (Å²) in [6.45, 7) is 1.64. The lowest BCUT2D eigenvalue weighted by molar-refractivity contribution is 0.597. The van der Waals surface area contributed by atoms with Crippen molar-refractivity contribution in [3.8, 4) is 0 Å². The van der Waals surface area contributed by atoms with Crippen molar-refractivity contribution in [2.75, 3.05) is 10.5 Å². The quantitative estimate of drug-likeness (QED) is 0.851. The second-order valence-corrected chi connectivity index (χ2v) is 6.21. The summed E-state index contributed by atoms with van der Waals surface area (Å²) in [7, 11) is -3.73. The summed E-state index contributed by atoms with van der Waals surface area (Å²) in [5.74, 6) is -0.900. The van der Waals surface area contributed by atoms with Crippen LogP contribution in [0.4, 0.5) is 15.8 Å². The predicted octanol–water partition coefficient (Wildman–Crippen LogP) is 2.66. The van der Waals surface area contributed by atoms with Gasteiger partial charge in [0.2, 0.25) is 10.0 Å². The Kier molecular flexibility index (Phi) is 3.94. The van der Waals surface area contributed by atoms with Crippen LogP contribution in [0.3, 0.4) is 0 Å². The van der Waals surface area contributed by atoms with Crippen molar-refractivity contribution in [1.82, 2.24) is 0 Å². The van der Waals surface area contributed by atoms with Crippen molar-refractivity contribution in [3.63, 3.8) is 0 Å². The van der Waals surface area contributed by atoms with Gasteiger partial charge in [0.05, 0.1) is 11.4 Å². The molecule has 0 saturated heterocycles. The van der Waals surface area contributed by atoms with Gasteiger partial charge in [-0.3, -0.25) is 4.72 Å². The Morgan fingerprint density at radius 3 is 2.50 bits per heavy atom. The molecule has 0 amide bonds. The molecular weight excluding hydrogens is 279 g/mol. The third-order valence-electron chi connectivity index (χ3n) is 2.88. The summed E-state index contributed by atoms with van der Waals surface area (Å²) in [6, 6.07) is 11.1. The molecule has 0 aliphatic heterocycles. The number of sulfonamides is 1. The molecule has 0 atom stereocenters. The zero-order valence-electron chi connectivity index (χ0n) is 10.9. The van der Waals surface area contributed by atoms with Gasteiger partial charge >= 0.3 is 0 Å². The summed E-state index contributed by atoms with van der Waals surface area (Å²) >= 11 is 0. The maximum Gasteiger partial charge on any atom is 0.237 e. The highest BCUT2D eigenvalue weighted by molar-refractivity contribution is 7.91. The fourth-order valence-electron chi connectivity index (χ4n) is 1.82. The van der Waals surface area contributed by atoms with Gasteiger partial charge in [-0.05, 0) is 30.2 Å². The molecule has 106 valence electrons. The first-order valence-electron chi connectivity index (χ1n) is 5.98. The highest BCUT2D eigenvalue weighted by atomic mass is 32.2. The van der Waals surface area contributed by atoms with Gasteiger partial charge in [-0.1, -0.05) is 30.3 Å². The van der Waals surface area contributed by atoms with Gasteiger partial charge in [-0.15, -0.1) is 0 Å². The van der Waals surface area contributed by atoms with Crippen LogP contribution in [-0.4, -0.2) is 8.42 Å². The van der Waals surface area contributed by atoms with Gasteiger partial charge in [-0.25, -0.2) is 12.8 Å². The van der Waals surface area contributed by atoms with Gasteiger partial charge in [-0.2, -0.15) is 0 Å². The fraction of sp³-hybridized carbons (Fsp3) is 0.143. The predicted molar refractivity (Wildman–Crippen MR) is 78.2 cm³/mol. The zero-order chi connectivity index (χ0) is 14.8. The van der Waals surface area contributed by atoms with E-state index in [-0.39, 0.29) is 11.4 Å². The van der Waals surface area contributed by atoms with Gasteiger partial charge in [0.25, 0.3) is 0 Å². The lowest BCUT2D eigenvalue weighted by Gasteiger charge is -2.12. The second kappa shape index (κ2) is 5.50. The van der Waals surface area contributed by atoms with Gasteiger partial charge in [0, 0.05) is 5.69 Å². The molecule has 0 fully saturated rings. The summed E-state index contributed by atoms with van der Waals surface area (Å²) in [4.78, 5) is 0. The van der Waals surface area contributed by atoms with Gasteiger partial charge in [0.15, 0.2) is 0 Å². The fourth-order valence-corrected chi connectivity index (χ4v) is 3.14. The smallest absolute Gasteiger partial charge is 0.237 e. The van der Waals surface area contributed by atoms with Crippen LogP contribution in [0.1, 0.15) is 11.1 Å². The number of halogens is 1. The normalized spacial score (nSPS) is 11.3. The largest absolute Gasteiger partial charge is 0.398 e. The molecule has 0 aromatic heterocycles. The minimum Gasteiger partial charge on any atom is -0.398 e. The van der Waals surface area contributed by atoms with E-state index in [9.17, 15) is 12.8 Å². The Labute approximate surface area is 117 Å². The molecule has 0 radical (unpaired) electrons. The first-order chi connectivity index (χ1) is 9.39. The van der Waals surface area contributed by atoms with Gasteiger partial charge in [0.1, 0.15) is 5.82 Å². The van der Waals surface area contributed by atoms with Crippen LogP contribution in [0, 0.1) is 12.7 Å². The van der Waals surface area contributed by atoms with E-state index in [1.165, 1.54) is 12.1 Å². The maximum atomic E-state index is 13.6. The first-order valence-corrected chi connectivity index (χ1v) is 7.63. The molecule has 0 unspecified atom stereocenters. The first kappa shape index (κ1) is 14.3. The maximum absolute atomic E-state index is 13.6. The minimum absolute atomic E-state index is 0.0259. The Morgan fingerprint density at radius 2 is 1.85 bits per heavy atom. The van der Waals surface area contributed by atoms with Crippen molar-refractivity contribution in [2.24, 2.45) is 0 Å². The molecule has 2 aromatic carbocycles. The van der Waals surface area contributed by atoms with Crippen molar-refractivity contribution in [2.45, 2.75) is 12.7 Å². The molecule has 0 saturated carbocycles. The molecule has 0 aliphatic rings. The minimum atomic E-state index is -3.73.